The van der Waals surface area contributed by atoms with Gasteiger partial charge in [0.15, 0.2) is 0 Å². The summed E-state index contributed by atoms with van der Waals surface area (Å²) in [7, 11) is 0. The molecule has 2 fully saturated rings. The molecule has 0 radical (unpaired) electrons. The van der Waals surface area contributed by atoms with Gasteiger partial charge >= 0.3 is 0 Å². The number of benzene rings is 1. The third kappa shape index (κ3) is 2.88. The molecule has 3 nitrogen and oxygen atoms in total. The zero-order valence-corrected chi connectivity index (χ0v) is 13.2. The van der Waals surface area contributed by atoms with Crippen molar-refractivity contribution in [2.24, 2.45) is 0 Å². The molecule has 3 heteroatoms. The molecule has 0 bridgehead atoms. The third-order valence-corrected chi connectivity index (χ3v) is 5.30. The number of hydrogen-bond acceptors (Lipinski definition) is 3. The van der Waals surface area contributed by atoms with Gasteiger partial charge in [-0.05, 0) is 62.3 Å². The topological polar surface area (TPSA) is 19.4 Å². The van der Waals surface area contributed by atoms with E-state index in [0.717, 1.165) is 12.6 Å². The van der Waals surface area contributed by atoms with Gasteiger partial charge in [0.25, 0.3) is 0 Å². The molecule has 1 aromatic heterocycles. The molecule has 4 rings (SSSR count). The van der Waals surface area contributed by atoms with E-state index >= 15 is 0 Å². The Bertz CT molecular complexity index is 628. The first-order valence-electron chi connectivity index (χ1n) is 8.68. The van der Waals surface area contributed by atoms with Crippen LogP contribution in [0.15, 0.2) is 36.7 Å². The molecule has 3 heterocycles. The average molecular weight is 295 g/mol. The first-order chi connectivity index (χ1) is 10.9. The zero-order chi connectivity index (χ0) is 14.8. The maximum Gasteiger partial charge on any atom is 0.0346 e. The first-order valence-corrected chi connectivity index (χ1v) is 8.68. The van der Waals surface area contributed by atoms with E-state index in [1.807, 2.05) is 12.4 Å². The monoisotopic (exact) mass is 295 g/mol. The minimum absolute atomic E-state index is 0.785. The summed E-state index contributed by atoms with van der Waals surface area (Å²) >= 11 is 0. The smallest absolute Gasteiger partial charge is 0.0346 e. The highest BCUT2D eigenvalue weighted by Gasteiger charge is 2.27. The highest BCUT2D eigenvalue weighted by molar-refractivity contribution is 5.84. The van der Waals surface area contributed by atoms with Gasteiger partial charge in [-0.25, -0.2) is 0 Å². The second kappa shape index (κ2) is 6.35. The van der Waals surface area contributed by atoms with Gasteiger partial charge in [-0.3, -0.25) is 14.8 Å². The number of piperidine rings is 1. The Morgan fingerprint density at radius 2 is 1.95 bits per heavy atom. The summed E-state index contributed by atoms with van der Waals surface area (Å²) in [5, 5.41) is 2.62. The van der Waals surface area contributed by atoms with Gasteiger partial charge in [0.2, 0.25) is 0 Å². The van der Waals surface area contributed by atoms with Crippen LogP contribution in [0.2, 0.25) is 0 Å². The SMILES string of the molecule is c1cc(CN2CCCC(N3CCCC3)C2)c2ccncc2c1. The fraction of sp³-hybridized carbons (Fsp3) is 0.526. The summed E-state index contributed by atoms with van der Waals surface area (Å²) < 4.78 is 0. The van der Waals surface area contributed by atoms with E-state index in [9.17, 15) is 0 Å². The van der Waals surface area contributed by atoms with Crippen molar-refractivity contribution in [3.63, 3.8) is 0 Å². The Morgan fingerprint density at radius 1 is 1.05 bits per heavy atom. The lowest BCUT2D eigenvalue weighted by molar-refractivity contribution is 0.111. The van der Waals surface area contributed by atoms with Crippen LogP contribution < -0.4 is 0 Å². The quantitative estimate of drug-likeness (QED) is 0.866. The molecule has 2 saturated heterocycles. The molecule has 0 amide bonds. The molecule has 0 N–H and O–H groups in total. The first kappa shape index (κ1) is 14.2. The van der Waals surface area contributed by atoms with E-state index in [0.29, 0.717) is 0 Å². The lowest BCUT2D eigenvalue weighted by Crippen LogP contribution is -2.46. The molecule has 116 valence electrons. The van der Waals surface area contributed by atoms with Crippen LogP contribution in [0.25, 0.3) is 10.8 Å². The van der Waals surface area contributed by atoms with Crippen molar-refractivity contribution in [3.8, 4) is 0 Å². The molecule has 2 aliphatic rings. The number of hydrogen-bond donors (Lipinski definition) is 0. The Balaban J connectivity index is 1.49. The van der Waals surface area contributed by atoms with E-state index in [4.69, 9.17) is 0 Å². The second-order valence-corrected chi connectivity index (χ2v) is 6.79. The molecule has 0 spiro atoms. The Labute approximate surface area is 132 Å². The van der Waals surface area contributed by atoms with Crippen LogP contribution in [0.3, 0.4) is 0 Å². The predicted octanol–water partition coefficient (Wildman–Crippen LogP) is 3.30. The van der Waals surface area contributed by atoms with Gasteiger partial charge in [0.1, 0.15) is 0 Å². The predicted molar refractivity (Wildman–Crippen MR) is 90.8 cm³/mol. The van der Waals surface area contributed by atoms with Crippen molar-refractivity contribution >= 4 is 10.8 Å². The van der Waals surface area contributed by atoms with Crippen molar-refractivity contribution < 1.29 is 0 Å². The van der Waals surface area contributed by atoms with Gasteiger partial charge in [-0.2, -0.15) is 0 Å². The Kier molecular flexibility index (Phi) is 4.09. The summed E-state index contributed by atoms with van der Waals surface area (Å²) in [5.41, 5.74) is 1.45. The minimum atomic E-state index is 0.785. The van der Waals surface area contributed by atoms with Crippen molar-refractivity contribution in [1.82, 2.24) is 14.8 Å². The zero-order valence-electron chi connectivity index (χ0n) is 13.2. The van der Waals surface area contributed by atoms with Crippen LogP contribution in [0, 0.1) is 0 Å². The van der Waals surface area contributed by atoms with Gasteiger partial charge in [0.05, 0.1) is 0 Å². The standard InChI is InChI=1S/C19H25N3/c1-2-12-22(11-1)18-7-4-10-21(15-18)14-17-6-3-5-16-13-20-9-8-19(16)17/h3,5-6,8-9,13,18H,1-2,4,7,10-12,14-15H2. The average Bonchev–Trinajstić information content (AvgIpc) is 3.10. The third-order valence-electron chi connectivity index (χ3n) is 5.30. The normalized spacial score (nSPS) is 24.1. The van der Waals surface area contributed by atoms with E-state index in [1.54, 1.807) is 0 Å². The summed E-state index contributed by atoms with van der Waals surface area (Å²) in [4.78, 5) is 9.62. The van der Waals surface area contributed by atoms with Crippen molar-refractivity contribution in [2.75, 3.05) is 26.2 Å². The van der Waals surface area contributed by atoms with Crippen LogP contribution >= 0.6 is 0 Å². The van der Waals surface area contributed by atoms with Gasteiger partial charge < -0.3 is 0 Å². The van der Waals surface area contributed by atoms with Gasteiger partial charge in [0, 0.05) is 36.9 Å². The summed E-state index contributed by atoms with van der Waals surface area (Å²) in [5.74, 6) is 0. The van der Waals surface area contributed by atoms with Crippen LogP contribution in [0.5, 0.6) is 0 Å². The van der Waals surface area contributed by atoms with Crippen molar-refractivity contribution in [1.29, 1.82) is 0 Å². The van der Waals surface area contributed by atoms with Crippen LogP contribution in [0.4, 0.5) is 0 Å². The second-order valence-electron chi connectivity index (χ2n) is 6.79. The summed E-state index contributed by atoms with van der Waals surface area (Å²) in [6, 6.07) is 9.55. The fourth-order valence-corrected chi connectivity index (χ4v) is 4.15. The van der Waals surface area contributed by atoms with Crippen molar-refractivity contribution in [3.05, 3.63) is 42.2 Å². The maximum absolute atomic E-state index is 4.24. The largest absolute Gasteiger partial charge is 0.299 e. The summed E-state index contributed by atoms with van der Waals surface area (Å²) in [6.45, 7) is 6.19. The number of aromatic nitrogens is 1. The molecule has 2 aromatic rings. The number of pyridine rings is 1. The van der Waals surface area contributed by atoms with Crippen LogP contribution in [-0.4, -0.2) is 47.0 Å². The minimum Gasteiger partial charge on any atom is -0.299 e. The van der Waals surface area contributed by atoms with Gasteiger partial charge in [-0.15, -0.1) is 0 Å². The molecule has 1 aromatic carbocycles. The molecule has 0 saturated carbocycles. The van der Waals surface area contributed by atoms with E-state index in [-0.39, 0.29) is 0 Å². The van der Waals surface area contributed by atoms with E-state index in [1.165, 1.54) is 68.2 Å². The maximum atomic E-state index is 4.24. The number of rotatable bonds is 3. The summed E-state index contributed by atoms with van der Waals surface area (Å²) in [6.07, 6.45) is 9.40. The van der Waals surface area contributed by atoms with E-state index in [2.05, 4.69) is 39.0 Å². The molecular formula is C19H25N3. The molecular weight excluding hydrogens is 270 g/mol. The van der Waals surface area contributed by atoms with Crippen LogP contribution in [0.1, 0.15) is 31.2 Å². The highest BCUT2D eigenvalue weighted by atomic mass is 15.2. The fourth-order valence-electron chi connectivity index (χ4n) is 4.15. The molecule has 22 heavy (non-hydrogen) atoms. The lowest BCUT2D eigenvalue weighted by Gasteiger charge is -2.37. The number of fused-ring (bicyclic) bond motifs is 1. The number of likely N-dealkylation sites (tertiary alicyclic amines) is 2. The molecule has 1 atom stereocenters. The molecule has 0 aliphatic carbocycles. The van der Waals surface area contributed by atoms with Gasteiger partial charge in [-0.1, -0.05) is 18.2 Å². The molecule has 1 unspecified atom stereocenters. The van der Waals surface area contributed by atoms with E-state index < -0.39 is 0 Å². The Hall–Kier alpha value is -1.45. The van der Waals surface area contributed by atoms with Crippen molar-refractivity contribution in [2.45, 2.75) is 38.3 Å². The molecule has 2 aliphatic heterocycles. The lowest BCUT2D eigenvalue weighted by atomic mass is 10.0. The highest BCUT2D eigenvalue weighted by Crippen LogP contribution is 2.24. The Morgan fingerprint density at radius 3 is 2.86 bits per heavy atom. The van der Waals surface area contributed by atoms with Crippen LogP contribution in [-0.2, 0) is 6.54 Å². The number of nitrogens with zero attached hydrogens (tertiary/aromatic N) is 3.